The van der Waals surface area contributed by atoms with Crippen LogP contribution in [0.3, 0.4) is 0 Å². The minimum absolute atomic E-state index is 0.0758. The van der Waals surface area contributed by atoms with Crippen molar-refractivity contribution in [3.63, 3.8) is 0 Å². The van der Waals surface area contributed by atoms with E-state index in [1.54, 1.807) is 11.0 Å². The Morgan fingerprint density at radius 1 is 1.00 bits per heavy atom. The third kappa shape index (κ3) is 5.42. The molecular formula is C26H23ClN2O2S. The maximum atomic E-state index is 13.4. The first-order chi connectivity index (χ1) is 15.6. The summed E-state index contributed by atoms with van der Waals surface area (Å²) in [7, 11) is 0. The maximum Gasteiger partial charge on any atom is 0.267 e. The molecule has 0 radical (unpaired) electrons. The second-order valence-electron chi connectivity index (χ2n) is 7.19. The molecule has 1 aliphatic heterocycles. The number of carbonyl (C=O) groups excluding carboxylic acids is 1. The van der Waals surface area contributed by atoms with Crippen LogP contribution < -0.4 is 4.74 Å². The van der Waals surface area contributed by atoms with Gasteiger partial charge in [-0.15, -0.1) is 0 Å². The smallest absolute Gasteiger partial charge is 0.267 e. The molecule has 6 heteroatoms. The zero-order valence-electron chi connectivity index (χ0n) is 17.7. The molecule has 0 spiro atoms. The van der Waals surface area contributed by atoms with E-state index in [9.17, 15) is 4.79 Å². The standard InChI is InChI=1S/C26H23ClN2O2S/c1-2-31-23-14-13-22(27)15-21(23)16-24-25(30)29(18-20-11-7-4-8-12-20)26(32-24)28-17-19-9-5-3-6-10-19/h3-16H,2,17-18H2,1H3/b24-16+,28-26?. The van der Waals surface area contributed by atoms with E-state index in [2.05, 4.69) is 0 Å². The Morgan fingerprint density at radius 2 is 1.69 bits per heavy atom. The molecule has 1 aliphatic rings. The van der Waals surface area contributed by atoms with Gasteiger partial charge in [0.15, 0.2) is 5.17 Å². The number of hydrogen-bond acceptors (Lipinski definition) is 4. The van der Waals surface area contributed by atoms with Gasteiger partial charge < -0.3 is 4.74 Å². The van der Waals surface area contributed by atoms with Crippen LogP contribution in [0.2, 0.25) is 5.02 Å². The molecule has 4 nitrogen and oxygen atoms in total. The van der Waals surface area contributed by atoms with E-state index in [1.807, 2.05) is 85.8 Å². The van der Waals surface area contributed by atoms with Gasteiger partial charge in [0.25, 0.3) is 5.91 Å². The SMILES string of the molecule is CCOc1ccc(Cl)cc1/C=C1/SC(=NCc2ccccc2)N(Cc2ccccc2)C1=O. The Labute approximate surface area is 197 Å². The van der Waals surface area contributed by atoms with Crippen molar-refractivity contribution in [3.05, 3.63) is 105 Å². The Balaban J connectivity index is 1.67. The summed E-state index contributed by atoms with van der Waals surface area (Å²) < 4.78 is 5.72. The number of benzene rings is 3. The third-order valence-electron chi connectivity index (χ3n) is 4.87. The number of nitrogens with zero attached hydrogens (tertiary/aromatic N) is 2. The first kappa shape index (κ1) is 22.2. The number of aliphatic imine (C=N–C) groups is 1. The normalized spacial score (nSPS) is 16.2. The molecule has 1 heterocycles. The minimum atomic E-state index is -0.0758. The van der Waals surface area contributed by atoms with E-state index >= 15 is 0 Å². The first-order valence-corrected chi connectivity index (χ1v) is 11.6. The fourth-order valence-electron chi connectivity index (χ4n) is 3.33. The van der Waals surface area contributed by atoms with Crippen molar-refractivity contribution in [1.82, 2.24) is 4.90 Å². The Hall–Kier alpha value is -3.02. The van der Waals surface area contributed by atoms with Crippen LogP contribution in [0.1, 0.15) is 23.6 Å². The predicted octanol–water partition coefficient (Wildman–Crippen LogP) is 6.41. The van der Waals surface area contributed by atoms with Gasteiger partial charge in [-0.05, 0) is 54.1 Å². The summed E-state index contributed by atoms with van der Waals surface area (Å²) in [6, 6.07) is 25.4. The van der Waals surface area contributed by atoms with Crippen molar-refractivity contribution in [3.8, 4) is 5.75 Å². The second-order valence-corrected chi connectivity index (χ2v) is 8.63. The van der Waals surface area contributed by atoms with E-state index in [-0.39, 0.29) is 5.91 Å². The molecule has 0 bridgehead atoms. The van der Waals surface area contributed by atoms with Crippen LogP contribution in [0.4, 0.5) is 0 Å². The van der Waals surface area contributed by atoms with Crippen LogP contribution in [0.25, 0.3) is 6.08 Å². The molecule has 0 aromatic heterocycles. The van der Waals surface area contributed by atoms with Crippen LogP contribution in [0.5, 0.6) is 5.75 Å². The van der Waals surface area contributed by atoms with E-state index in [0.29, 0.717) is 40.5 Å². The highest BCUT2D eigenvalue weighted by Gasteiger charge is 2.33. The molecule has 0 atom stereocenters. The van der Waals surface area contributed by atoms with E-state index in [4.69, 9.17) is 21.3 Å². The summed E-state index contributed by atoms with van der Waals surface area (Å²) in [4.78, 5) is 20.5. The van der Waals surface area contributed by atoms with Gasteiger partial charge in [0.2, 0.25) is 0 Å². The molecule has 1 amide bonds. The summed E-state index contributed by atoms with van der Waals surface area (Å²) in [5, 5.41) is 1.28. The Morgan fingerprint density at radius 3 is 2.38 bits per heavy atom. The predicted molar refractivity (Wildman–Crippen MR) is 133 cm³/mol. The van der Waals surface area contributed by atoms with Crippen molar-refractivity contribution < 1.29 is 9.53 Å². The Kier molecular flexibility index (Phi) is 7.30. The van der Waals surface area contributed by atoms with E-state index in [0.717, 1.165) is 16.7 Å². The number of thioether (sulfide) groups is 1. The number of amidine groups is 1. The van der Waals surface area contributed by atoms with Gasteiger partial charge in [0.05, 0.1) is 24.6 Å². The lowest BCUT2D eigenvalue weighted by Gasteiger charge is -2.15. The zero-order chi connectivity index (χ0) is 22.3. The molecule has 0 N–H and O–H groups in total. The van der Waals surface area contributed by atoms with Gasteiger partial charge >= 0.3 is 0 Å². The number of amides is 1. The monoisotopic (exact) mass is 462 g/mol. The minimum Gasteiger partial charge on any atom is -0.493 e. The summed E-state index contributed by atoms with van der Waals surface area (Å²) in [6.45, 7) is 3.43. The number of hydrogen-bond donors (Lipinski definition) is 0. The molecule has 32 heavy (non-hydrogen) atoms. The maximum absolute atomic E-state index is 13.4. The highest BCUT2D eigenvalue weighted by atomic mass is 35.5. The highest BCUT2D eigenvalue weighted by molar-refractivity contribution is 8.18. The van der Waals surface area contributed by atoms with Gasteiger partial charge in [-0.3, -0.25) is 14.7 Å². The molecule has 4 rings (SSSR count). The lowest BCUT2D eigenvalue weighted by Crippen LogP contribution is -2.28. The quantitative estimate of drug-likeness (QED) is 0.381. The van der Waals surface area contributed by atoms with Crippen molar-refractivity contribution in [2.24, 2.45) is 4.99 Å². The van der Waals surface area contributed by atoms with Crippen LogP contribution in [0, 0.1) is 0 Å². The highest BCUT2D eigenvalue weighted by Crippen LogP contribution is 2.36. The molecule has 3 aromatic carbocycles. The van der Waals surface area contributed by atoms with Crippen LogP contribution in [0.15, 0.2) is 88.8 Å². The van der Waals surface area contributed by atoms with Gasteiger partial charge in [-0.25, -0.2) is 0 Å². The summed E-state index contributed by atoms with van der Waals surface area (Å²) >= 11 is 7.59. The number of halogens is 1. The lowest BCUT2D eigenvalue weighted by atomic mass is 10.1. The van der Waals surface area contributed by atoms with Crippen molar-refractivity contribution in [1.29, 1.82) is 0 Å². The molecule has 1 saturated heterocycles. The van der Waals surface area contributed by atoms with Gasteiger partial charge in [0.1, 0.15) is 5.75 Å². The van der Waals surface area contributed by atoms with Gasteiger partial charge in [-0.2, -0.15) is 0 Å². The van der Waals surface area contributed by atoms with Gasteiger partial charge in [-0.1, -0.05) is 72.3 Å². The molecule has 3 aromatic rings. The molecule has 1 fully saturated rings. The average Bonchev–Trinajstić information content (AvgIpc) is 3.10. The van der Waals surface area contributed by atoms with Crippen LogP contribution in [-0.2, 0) is 17.9 Å². The van der Waals surface area contributed by atoms with Crippen LogP contribution >= 0.6 is 23.4 Å². The van der Waals surface area contributed by atoms with Crippen molar-refractivity contribution >= 4 is 40.5 Å². The fraction of sp³-hybridized carbons (Fsp3) is 0.154. The molecular weight excluding hydrogens is 440 g/mol. The summed E-state index contributed by atoms with van der Waals surface area (Å²) in [6.07, 6.45) is 1.84. The number of carbonyl (C=O) groups is 1. The topological polar surface area (TPSA) is 41.9 Å². The zero-order valence-corrected chi connectivity index (χ0v) is 19.3. The second kappa shape index (κ2) is 10.5. The Bertz CT molecular complexity index is 1150. The lowest BCUT2D eigenvalue weighted by molar-refractivity contribution is -0.122. The van der Waals surface area contributed by atoms with E-state index < -0.39 is 0 Å². The van der Waals surface area contributed by atoms with Gasteiger partial charge in [0, 0.05) is 10.6 Å². The first-order valence-electron chi connectivity index (χ1n) is 10.4. The van der Waals surface area contributed by atoms with Crippen molar-refractivity contribution in [2.45, 2.75) is 20.0 Å². The fourth-order valence-corrected chi connectivity index (χ4v) is 4.48. The molecule has 0 saturated carbocycles. The number of ether oxygens (including phenoxy) is 1. The average molecular weight is 463 g/mol. The number of rotatable bonds is 7. The molecule has 0 aliphatic carbocycles. The molecule has 0 unspecified atom stereocenters. The van der Waals surface area contributed by atoms with Crippen molar-refractivity contribution in [2.75, 3.05) is 6.61 Å². The summed E-state index contributed by atoms with van der Waals surface area (Å²) in [5.74, 6) is 0.621. The van der Waals surface area contributed by atoms with Crippen LogP contribution in [-0.4, -0.2) is 22.6 Å². The molecule has 162 valence electrons. The third-order valence-corrected chi connectivity index (χ3v) is 6.15. The summed E-state index contributed by atoms with van der Waals surface area (Å²) in [5.41, 5.74) is 2.92. The largest absolute Gasteiger partial charge is 0.493 e. The van der Waals surface area contributed by atoms with E-state index in [1.165, 1.54) is 11.8 Å².